The monoisotopic (exact) mass is 755 g/mol. The summed E-state index contributed by atoms with van der Waals surface area (Å²) >= 11 is 0. The summed E-state index contributed by atoms with van der Waals surface area (Å²) < 4.78 is 59.1. The number of hydrogen-bond acceptors (Lipinski definition) is 13. The van der Waals surface area contributed by atoms with Crippen LogP contribution in [0.15, 0.2) is 11.3 Å². The molecule has 0 radical (unpaired) electrons. The molecule has 5 aliphatic heterocycles. The summed E-state index contributed by atoms with van der Waals surface area (Å²) in [6.45, 7) is 23.2. The molecule has 4 fully saturated rings. The molecule has 0 saturated carbocycles. The normalized spacial score (nSPS) is 49.4. The van der Waals surface area contributed by atoms with Crippen molar-refractivity contribution in [1.29, 1.82) is 0 Å². The second-order valence-electron chi connectivity index (χ2n) is 17.9. The first-order chi connectivity index (χ1) is 24.5. The van der Waals surface area contributed by atoms with Crippen LogP contribution < -0.4 is 0 Å². The van der Waals surface area contributed by atoms with Crippen LogP contribution in [0.3, 0.4) is 0 Å². The summed E-state index contributed by atoms with van der Waals surface area (Å²) in [4.78, 5) is 16.5. The van der Waals surface area contributed by atoms with Gasteiger partial charge < -0.3 is 57.7 Å². The average molecular weight is 756 g/mol. The van der Waals surface area contributed by atoms with Crippen LogP contribution in [0.25, 0.3) is 0 Å². The quantitative estimate of drug-likeness (QED) is 0.347. The second-order valence-corrected chi connectivity index (χ2v) is 17.9. The number of fused-ring (bicyclic) bond motifs is 3. The number of carbonyl (C=O) groups is 1. The number of esters is 1. The maximum atomic E-state index is 14.5. The summed E-state index contributed by atoms with van der Waals surface area (Å²) in [7, 11) is 5.43. The molecule has 306 valence electrons. The molecule has 2 N–H and O–H groups in total. The summed E-state index contributed by atoms with van der Waals surface area (Å²) in [6, 6.07) is -0.204. The number of rotatable bonds is 7. The minimum Gasteiger partial charge on any atom is -0.489 e. The maximum absolute atomic E-state index is 14.5. The van der Waals surface area contributed by atoms with Gasteiger partial charge in [-0.25, -0.2) is 0 Å². The van der Waals surface area contributed by atoms with Crippen molar-refractivity contribution in [3.05, 3.63) is 11.3 Å². The average Bonchev–Trinajstić information content (AvgIpc) is 3.53. The number of likely N-dealkylation sites (N-methyl/N-ethyl adjacent to an activating group) is 1. The minimum absolute atomic E-state index is 0.184. The highest BCUT2D eigenvalue weighted by molar-refractivity contribution is 5.73. The Morgan fingerprint density at radius 1 is 0.962 bits per heavy atom. The van der Waals surface area contributed by atoms with Crippen LogP contribution >= 0.6 is 0 Å². The molecule has 5 heterocycles. The molecule has 0 unspecified atom stereocenters. The highest BCUT2D eigenvalue weighted by Crippen LogP contribution is 2.51. The third-order valence-electron chi connectivity index (χ3n) is 12.8. The molecular formula is C40H69NO12. The Kier molecular flexibility index (Phi) is 12.5. The molecular weight excluding hydrogens is 686 g/mol. The highest BCUT2D eigenvalue weighted by Gasteiger charge is 2.61. The van der Waals surface area contributed by atoms with Crippen LogP contribution in [-0.2, 0) is 47.4 Å². The second kappa shape index (κ2) is 15.5. The number of aliphatic hydroxyl groups is 2. The van der Waals surface area contributed by atoms with Gasteiger partial charge in [-0.2, -0.15) is 0 Å². The number of nitrogens with zero attached hydrogens (tertiary/aromatic N) is 1. The number of methoxy groups -OCH3 is 1. The molecule has 2 bridgehead atoms. The van der Waals surface area contributed by atoms with E-state index in [1.54, 1.807) is 21.0 Å². The standard InChI is InChI=1S/C40H69NO12/c1-16-27-40(12)34(52-37(8,9)53-40)22(4)30-20(2)18-39(11,51-30)33(50-36-29(42)26(41(13)14)17-21(3)46-36)23(5)31(24(6)35(44)48-27)49-28-19-38(10,45-15)32(43)25(7)47-28/h21-29,31-34,36,42-43H,16-19H2,1-15H3/t21-,22+,23+,24-,25+,26+,27-,28+,29-,31+,32+,33-,34-,36+,38-,39-,40-/m1/s1. The van der Waals surface area contributed by atoms with E-state index in [2.05, 4.69) is 13.8 Å². The zero-order valence-corrected chi connectivity index (χ0v) is 34.8. The van der Waals surface area contributed by atoms with Crippen LogP contribution in [0.4, 0.5) is 0 Å². The Morgan fingerprint density at radius 3 is 2.23 bits per heavy atom. The van der Waals surface area contributed by atoms with E-state index in [-0.39, 0.29) is 24.5 Å². The van der Waals surface area contributed by atoms with Crippen molar-refractivity contribution in [2.75, 3.05) is 21.2 Å². The number of carbonyl (C=O) groups excluding carboxylic acids is 1. The van der Waals surface area contributed by atoms with Crippen LogP contribution in [-0.4, -0.2) is 132 Å². The Hall–Kier alpha value is -1.39. The van der Waals surface area contributed by atoms with Gasteiger partial charge in [0.1, 0.15) is 47.5 Å². The smallest absolute Gasteiger partial charge is 0.311 e. The van der Waals surface area contributed by atoms with Crippen molar-refractivity contribution in [3.8, 4) is 0 Å². The van der Waals surface area contributed by atoms with Crippen LogP contribution in [0.5, 0.6) is 0 Å². The molecule has 4 saturated heterocycles. The van der Waals surface area contributed by atoms with Gasteiger partial charge >= 0.3 is 5.97 Å². The van der Waals surface area contributed by atoms with Crippen LogP contribution in [0.2, 0.25) is 0 Å². The fourth-order valence-electron chi connectivity index (χ4n) is 9.90. The predicted molar refractivity (Wildman–Crippen MR) is 195 cm³/mol. The molecule has 0 aromatic heterocycles. The molecule has 5 aliphatic rings. The van der Waals surface area contributed by atoms with Gasteiger partial charge in [-0.3, -0.25) is 4.79 Å². The molecule has 0 amide bonds. The summed E-state index contributed by atoms with van der Waals surface area (Å²) in [5.41, 5.74) is -1.90. The van der Waals surface area contributed by atoms with Crippen molar-refractivity contribution in [3.63, 3.8) is 0 Å². The van der Waals surface area contributed by atoms with E-state index in [0.29, 0.717) is 19.3 Å². The van der Waals surface area contributed by atoms with E-state index < -0.39 is 95.7 Å². The number of ether oxygens (including phenoxy) is 9. The van der Waals surface area contributed by atoms with Crippen molar-refractivity contribution in [1.82, 2.24) is 4.90 Å². The summed E-state index contributed by atoms with van der Waals surface area (Å²) in [6.07, 6.45) is -5.39. The van der Waals surface area contributed by atoms with Gasteiger partial charge in [0.25, 0.3) is 0 Å². The topological polar surface area (TPSA) is 144 Å². The van der Waals surface area contributed by atoms with Crippen LogP contribution in [0.1, 0.15) is 109 Å². The van der Waals surface area contributed by atoms with Gasteiger partial charge in [0.05, 0.1) is 29.8 Å². The van der Waals surface area contributed by atoms with E-state index in [0.717, 1.165) is 11.3 Å². The van der Waals surface area contributed by atoms with Gasteiger partial charge in [-0.1, -0.05) is 20.8 Å². The lowest BCUT2D eigenvalue weighted by Gasteiger charge is -2.48. The van der Waals surface area contributed by atoms with Crippen molar-refractivity contribution < 1.29 is 57.6 Å². The molecule has 0 aliphatic carbocycles. The maximum Gasteiger partial charge on any atom is 0.311 e. The van der Waals surface area contributed by atoms with Gasteiger partial charge in [0, 0.05) is 37.8 Å². The molecule has 53 heavy (non-hydrogen) atoms. The zero-order chi connectivity index (χ0) is 39.6. The largest absolute Gasteiger partial charge is 0.489 e. The fourth-order valence-corrected chi connectivity index (χ4v) is 9.90. The van der Waals surface area contributed by atoms with Crippen molar-refractivity contribution in [2.24, 2.45) is 17.8 Å². The predicted octanol–water partition coefficient (Wildman–Crippen LogP) is 4.69. The lowest BCUT2D eigenvalue weighted by atomic mass is 9.78. The SMILES string of the molecule is CC[C@H]1OC(=O)[C@H](C)[C@@H](O[C@H]2C[C@@](C)(OC)[C@@H](O)[C@H](C)O2)[C@H](C)[C@@H](O[C@@H]2O[C@H](C)C[C@H](N(C)C)[C@H]2O)[C@@]2(C)CC(C)=C(O2)[C@H](C)[C@H]2OC(C)(C)O[C@@]21C. The third-order valence-corrected chi connectivity index (χ3v) is 12.8. The molecule has 5 rings (SSSR count). The van der Waals surface area contributed by atoms with Crippen molar-refractivity contribution in [2.45, 2.75) is 199 Å². The van der Waals surface area contributed by atoms with Gasteiger partial charge in [-0.05, 0) is 94.8 Å². The van der Waals surface area contributed by atoms with E-state index in [9.17, 15) is 15.0 Å². The van der Waals surface area contributed by atoms with Crippen molar-refractivity contribution >= 4 is 5.97 Å². The van der Waals surface area contributed by atoms with E-state index in [1.165, 1.54) is 0 Å². The lowest BCUT2D eigenvalue weighted by Crippen LogP contribution is -2.60. The molecule has 0 aromatic rings. The third kappa shape index (κ3) is 8.09. The number of cyclic esters (lactones) is 1. The first kappa shape index (κ1) is 42.7. The Labute approximate surface area is 317 Å². The fraction of sp³-hybridized carbons (Fsp3) is 0.925. The Morgan fingerprint density at radius 2 is 1.62 bits per heavy atom. The molecule has 0 spiro atoms. The first-order valence-corrected chi connectivity index (χ1v) is 19.7. The summed E-state index contributed by atoms with van der Waals surface area (Å²) in [5, 5.41) is 22.7. The van der Waals surface area contributed by atoms with Crippen LogP contribution in [0, 0.1) is 17.8 Å². The lowest BCUT2D eigenvalue weighted by molar-refractivity contribution is -0.317. The zero-order valence-electron chi connectivity index (χ0n) is 34.8. The van der Waals surface area contributed by atoms with E-state index in [1.807, 2.05) is 74.4 Å². The van der Waals surface area contributed by atoms with Gasteiger partial charge in [0.2, 0.25) is 0 Å². The van der Waals surface area contributed by atoms with Gasteiger partial charge in [0.15, 0.2) is 18.4 Å². The molecule has 13 nitrogen and oxygen atoms in total. The Bertz CT molecular complexity index is 1340. The molecule has 17 atom stereocenters. The number of hydrogen-bond donors (Lipinski definition) is 2. The van der Waals surface area contributed by atoms with Gasteiger partial charge in [-0.15, -0.1) is 0 Å². The Balaban J connectivity index is 1.62. The minimum atomic E-state index is -1.01. The number of aliphatic hydroxyl groups excluding tert-OH is 2. The highest BCUT2D eigenvalue weighted by atomic mass is 16.8. The molecule has 13 heteroatoms. The first-order valence-electron chi connectivity index (χ1n) is 19.7. The summed E-state index contributed by atoms with van der Waals surface area (Å²) in [5.74, 6) is -2.28. The van der Waals surface area contributed by atoms with E-state index in [4.69, 9.17) is 42.6 Å². The molecule has 0 aromatic carbocycles. The van der Waals surface area contributed by atoms with E-state index >= 15 is 0 Å².